The van der Waals surface area contributed by atoms with Gasteiger partial charge in [0.2, 0.25) is 0 Å². The van der Waals surface area contributed by atoms with Gasteiger partial charge in [-0.3, -0.25) is 4.79 Å². The number of carbonyl (C=O) groups is 1. The minimum atomic E-state index is -0.672. The van der Waals surface area contributed by atoms with E-state index in [1.54, 1.807) is 5.57 Å². The zero-order chi connectivity index (χ0) is 16.5. The van der Waals surface area contributed by atoms with Crippen LogP contribution in [0.1, 0.15) is 66.7 Å². The first kappa shape index (κ1) is 17.3. The highest BCUT2D eigenvalue weighted by molar-refractivity contribution is 5.66. The van der Waals surface area contributed by atoms with Crippen molar-refractivity contribution in [3.05, 3.63) is 23.8 Å². The first-order valence-electron chi connectivity index (χ1n) is 8.77. The zero-order valence-corrected chi connectivity index (χ0v) is 14.9. The van der Waals surface area contributed by atoms with Gasteiger partial charge >= 0.3 is 5.97 Å². The van der Waals surface area contributed by atoms with E-state index < -0.39 is 5.97 Å². The number of aliphatic carboxylic acids is 1. The Hall–Kier alpha value is -1.05. The van der Waals surface area contributed by atoms with Gasteiger partial charge in [-0.2, -0.15) is 0 Å². The Morgan fingerprint density at radius 2 is 2.09 bits per heavy atom. The third-order valence-corrected chi connectivity index (χ3v) is 6.05. The second-order valence-electron chi connectivity index (χ2n) is 8.49. The Balaban J connectivity index is 2.17. The summed E-state index contributed by atoms with van der Waals surface area (Å²) in [5, 5.41) is 8.96. The molecule has 0 saturated heterocycles. The van der Waals surface area contributed by atoms with Crippen LogP contribution in [0.4, 0.5) is 0 Å². The molecule has 2 nitrogen and oxygen atoms in total. The molecule has 22 heavy (non-hydrogen) atoms. The van der Waals surface area contributed by atoms with Crippen LogP contribution in [-0.2, 0) is 4.79 Å². The van der Waals surface area contributed by atoms with Gasteiger partial charge in [0.25, 0.3) is 0 Å². The second kappa shape index (κ2) is 6.22. The molecule has 4 atom stereocenters. The average Bonchev–Trinajstić information content (AvgIpc) is 2.35. The van der Waals surface area contributed by atoms with Crippen LogP contribution < -0.4 is 0 Å². The van der Waals surface area contributed by atoms with Gasteiger partial charge in [0.05, 0.1) is 0 Å². The van der Waals surface area contributed by atoms with Crippen molar-refractivity contribution in [3.63, 3.8) is 0 Å². The summed E-state index contributed by atoms with van der Waals surface area (Å²) in [6, 6.07) is 0. The standard InChI is InChI=1S/C20H32O2/c1-14(13-18(21)22)7-9-16-15(2)8-10-17-19(3,4)11-6-12-20(16,17)5/h6,10,12,14-16H,7-9,11,13H2,1-5H3,(H,21,22)/t14-,15-,16-,20+/m0/s1. The maximum atomic E-state index is 10.9. The maximum absolute atomic E-state index is 10.9. The zero-order valence-electron chi connectivity index (χ0n) is 14.9. The molecule has 0 fully saturated rings. The molecule has 0 unspecified atom stereocenters. The van der Waals surface area contributed by atoms with Gasteiger partial charge < -0.3 is 5.11 Å². The molecule has 0 amide bonds. The molecule has 1 N–H and O–H groups in total. The predicted octanol–water partition coefficient (Wildman–Crippen LogP) is 5.45. The average molecular weight is 304 g/mol. The van der Waals surface area contributed by atoms with Crippen LogP contribution in [0, 0.1) is 28.6 Å². The number of rotatable bonds is 5. The Bertz CT molecular complexity index is 486. The lowest BCUT2D eigenvalue weighted by atomic mass is 9.53. The fourth-order valence-corrected chi connectivity index (χ4v) is 4.85. The summed E-state index contributed by atoms with van der Waals surface area (Å²) in [7, 11) is 0. The van der Waals surface area contributed by atoms with Crippen LogP contribution in [-0.4, -0.2) is 11.1 Å². The largest absolute Gasteiger partial charge is 0.481 e. The normalized spacial score (nSPS) is 34.7. The van der Waals surface area contributed by atoms with E-state index in [0.29, 0.717) is 18.3 Å². The van der Waals surface area contributed by atoms with Gasteiger partial charge in [0.1, 0.15) is 0 Å². The van der Waals surface area contributed by atoms with Crippen LogP contribution in [0.5, 0.6) is 0 Å². The summed E-state index contributed by atoms with van der Waals surface area (Å²) in [4.78, 5) is 10.9. The lowest BCUT2D eigenvalue weighted by Crippen LogP contribution is -2.42. The monoisotopic (exact) mass is 304 g/mol. The number of fused-ring (bicyclic) bond motifs is 1. The van der Waals surface area contributed by atoms with E-state index in [2.05, 4.69) is 52.8 Å². The third kappa shape index (κ3) is 3.31. The molecule has 0 heterocycles. The van der Waals surface area contributed by atoms with Crippen molar-refractivity contribution in [2.45, 2.75) is 66.7 Å². The third-order valence-electron chi connectivity index (χ3n) is 6.05. The molecule has 0 saturated carbocycles. The lowest BCUT2D eigenvalue weighted by Gasteiger charge is -2.52. The number of hydrogen-bond donors (Lipinski definition) is 1. The van der Waals surface area contributed by atoms with E-state index in [9.17, 15) is 4.79 Å². The van der Waals surface area contributed by atoms with E-state index in [1.165, 1.54) is 6.42 Å². The van der Waals surface area contributed by atoms with Gasteiger partial charge in [-0.05, 0) is 48.9 Å². The van der Waals surface area contributed by atoms with Crippen molar-refractivity contribution in [1.82, 2.24) is 0 Å². The highest BCUT2D eigenvalue weighted by Crippen LogP contribution is 2.57. The van der Waals surface area contributed by atoms with Gasteiger partial charge in [-0.25, -0.2) is 0 Å². The SMILES string of the molecule is C[C@@H](CC[C@H]1[C@@H](C)CC=C2C(C)(C)CC=C[C@@]21C)CC(=O)O. The van der Waals surface area contributed by atoms with Crippen molar-refractivity contribution < 1.29 is 9.90 Å². The van der Waals surface area contributed by atoms with Crippen molar-refractivity contribution in [3.8, 4) is 0 Å². The summed E-state index contributed by atoms with van der Waals surface area (Å²) >= 11 is 0. The van der Waals surface area contributed by atoms with E-state index in [0.717, 1.165) is 19.3 Å². The van der Waals surface area contributed by atoms with Crippen molar-refractivity contribution in [2.24, 2.45) is 28.6 Å². The minimum Gasteiger partial charge on any atom is -0.481 e. The lowest BCUT2D eigenvalue weighted by molar-refractivity contribution is -0.138. The van der Waals surface area contributed by atoms with Crippen LogP contribution in [0.2, 0.25) is 0 Å². The first-order chi connectivity index (χ1) is 10.2. The summed E-state index contributed by atoms with van der Waals surface area (Å²) in [5.41, 5.74) is 2.02. The molecule has 2 rings (SSSR count). The molecule has 124 valence electrons. The number of allylic oxidation sites excluding steroid dienone is 4. The fourth-order valence-electron chi connectivity index (χ4n) is 4.85. The molecule has 0 radical (unpaired) electrons. The highest BCUT2D eigenvalue weighted by Gasteiger charge is 2.47. The van der Waals surface area contributed by atoms with Gasteiger partial charge in [0.15, 0.2) is 0 Å². The number of carboxylic acids is 1. The summed E-state index contributed by atoms with van der Waals surface area (Å²) < 4.78 is 0. The topological polar surface area (TPSA) is 37.3 Å². The number of hydrogen-bond acceptors (Lipinski definition) is 1. The quantitative estimate of drug-likeness (QED) is 0.685. The first-order valence-corrected chi connectivity index (χ1v) is 8.77. The molecule has 2 aliphatic rings. The van der Waals surface area contributed by atoms with Gasteiger partial charge in [-0.1, -0.05) is 58.4 Å². The molecule has 0 aromatic carbocycles. The molecule has 0 aromatic heterocycles. The number of carboxylic acid groups (broad SMARTS) is 1. The molecular weight excluding hydrogens is 272 g/mol. The Morgan fingerprint density at radius 1 is 1.41 bits per heavy atom. The van der Waals surface area contributed by atoms with Crippen LogP contribution in [0.3, 0.4) is 0 Å². The second-order valence-corrected chi connectivity index (χ2v) is 8.49. The van der Waals surface area contributed by atoms with Gasteiger partial charge in [-0.15, -0.1) is 0 Å². The molecule has 0 aromatic rings. The molecular formula is C20H32O2. The molecule has 0 spiro atoms. The predicted molar refractivity (Wildman–Crippen MR) is 91.6 cm³/mol. The molecule has 2 aliphatic carbocycles. The molecule has 2 heteroatoms. The van der Waals surface area contributed by atoms with E-state index >= 15 is 0 Å². The molecule has 0 bridgehead atoms. The van der Waals surface area contributed by atoms with Crippen LogP contribution in [0.25, 0.3) is 0 Å². The Kier molecular flexibility index (Phi) is 4.89. The summed E-state index contributed by atoms with van der Waals surface area (Å²) in [5.74, 6) is 0.891. The highest BCUT2D eigenvalue weighted by atomic mass is 16.4. The fraction of sp³-hybridized carbons (Fsp3) is 0.750. The van der Waals surface area contributed by atoms with Crippen molar-refractivity contribution >= 4 is 5.97 Å². The van der Waals surface area contributed by atoms with E-state index in [-0.39, 0.29) is 16.7 Å². The van der Waals surface area contributed by atoms with E-state index in [1.807, 2.05) is 0 Å². The Labute approximate surface area is 135 Å². The van der Waals surface area contributed by atoms with Crippen LogP contribution >= 0.6 is 0 Å². The van der Waals surface area contributed by atoms with Crippen LogP contribution in [0.15, 0.2) is 23.8 Å². The molecule has 0 aliphatic heterocycles. The van der Waals surface area contributed by atoms with Crippen molar-refractivity contribution in [2.75, 3.05) is 0 Å². The summed E-state index contributed by atoms with van der Waals surface area (Å²) in [6.45, 7) is 11.6. The van der Waals surface area contributed by atoms with E-state index in [4.69, 9.17) is 5.11 Å². The Morgan fingerprint density at radius 3 is 2.73 bits per heavy atom. The maximum Gasteiger partial charge on any atom is 0.303 e. The summed E-state index contributed by atoms with van der Waals surface area (Å²) in [6.07, 6.45) is 12.0. The van der Waals surface area contributed by atoms with Crippen molar-refractivity contribution in [1.29, 1.82) is 0 Å². The van der Waals surface area contributed by atoms with Gasteiger partial charge in [0, 0.05) is 11.8 Å². The smallest absolute Gasteiger partial charge is 0.303 e. The minimum absolute atomic E-state index is 0.155.